The number of benzene rings is 1. The Labute approximate surface area is 106 Å². The Hall–Kier alpha value is -1.37. The molecule has 0 aliphatic carbocycles. The van der Waals surface area contributed by atoms with E-state index >= 15 is 0 Å². The first kappa shape index (κ1) is 14.0. The minimum atomic E-state index is -2.18. The van der Waals surface area contributed by atoms with Gasteiger partial charge in [0.25, 0.3) is 0 Å². The lowest BCUT2D eigenvalue weighted by Crippen LogP contribution is -2.65. The van der Waals surface area contributed by atoms with Gasteiger partial charge in [0.1, 0.15) is 11.3 Å². The molecular formula is C12H12F5NO. The maximum atomic E-state index is 13.5. The van der Waals surface area contributed by atoms with Crippen molar-refractivity contribution < 1.29 is 27.1 Å². The Morgan fingerprint density at radius 1 is 0.895 bits per heavy atom. The van der Waals surface area contributed by atoms with E-state index in [4.69, 9.17) is 0 Å². The van der Waals surface area contributed by atoms with Gasteiger partial charge in [0, 0.05) is 13.1 Å². The summed E-state index contributed by atoms with van der Waals surface area (Å²) < 4.78 is 65.9. The fraction of sp³-hybridized carbons (Fsp3) is 0.500. The summed E-state index contributed by atoms with van der Waals surface area (Å²) in [5, 5.41) is 9.95. The smallest absolute Gasteiger partial charge is 0.200 e. The average molecular weight is 281 g/mol. The van der Waals surface area contributed by atoms with Crippen LogP contribution in [0.25, 0.3) is 0 Å². The first-order valence-corrected chi connectivity index (χ1v) is 5.68. The highest BCUT2D eigenvalue weighted by atomic mass is 19.2. The van der Waals surface area contributed by atoms with E-state index in [-0.39, 0.29) is 19.0 Å². The van der Waals surface area contributed by atoms with Gasteiger partial charge in [-0.15, -0.1) is 0 Å². The Kier molecular flexibility index (Phi) is 3.20. The lowest BCUT2D eigenvalue weighted by Gasteiger charge is -2.50. The summed E-state index contributed by atoms with van der Waals surface area (Å²) in [5.74, 6) is -10.1. The fourth-order valence-corrected chi connectivity index (χ4v) is 2.01. The van der Waals surface area contributed by atoms with E-state index in [1.165, 1.54) is 0 Å². The molecule has 1 aliphatic rings. The van der Waals surface area contributed by atoms with Crippen LogP contribution in [0.1, 0.15) is 13.8 Å². The molecule has 1 heterocycles. The van der Waals surface area contributed by atoms with Crippen LogP contribution in [-0.4, -0.2) is 23.8 Å². The number of rotatable bonds is 2. The second-order valence-electron chi connectivity index (χ2n) is 5.03. The van der Waals surface area contributed by atoms with E-state index in [0.29, 0.717) is 0 Å². The molecule has 0 amide bonds. The van der Waals surface area contributed by atoms with Crippen molar-refractivity contribution >= 4 is 5.69 Å². The molecule has 1 fully saturated rings. The van der Waals surface area contributed by atoms with E-state index in [1.807, 2.05) is 0 Å². The first-order valence-electron chi connectivity index (χ1n) is 5.68. The second kappa shape index (κ2) is 4.33. The molecule has 1 saturated heterocycles. The summed E-state index contributed by atoms with van der Waals surface area (Å²) in [6.07, 6.45) is 0. The highest BCUT2D eigenvalue weighted by molar-refractivity contribution is 5.54. The molecule has 0 bridgehead atoms. The Bertz CT molecular complexity index is 496. The minimum Gasteiger partial charge on any atom is -0.386 e. The van der Waals surface area contributed by atoms with Crippen molar-refractivity contribution in [3.63, 3.8) is 0 Å². The van der Waals surface area contributed by atoms with E-state index in [9.17, 15) is 27.1 Å². The Morgan fingerprint density at radius 2 is 1.26 bits per heavy atom. The maximum Gasteiger partial charge on any atom is 0.200 e. The Balaban J connectivity index is 2.39. The summed E-state index contributed by atoms with van der Waals surface area (Å²) in [6.45, 7) is 3.05. The number of anilines is 1. The van der Waals surface area contributed by atoms with Gasteiger partial charge in [-0.05, 0) is 5.92 Å². The molecule has 0 atom stereocenters. The summed E-state index contributed by atoms with van der Waals surface area (Å²) >= 11 is 0. The molecule has 0 spiro atoms. The molecule has 2 nitrogen and oxygen atoms in total. The van der Waals surface area contributed by atoms with Crippen LogP contribution in [0.3, 0.4) is 0 Å². The largest absolute Gasteiger partial charge is 0.386 e. The van der Waals surface area contributed by atoms with Crippen LogP contribution in [-0.2, 0) is 0 Å². The van der Waals surface area contributed by atoms with Crippen molar-refractivity contribution in [1.82, 2.24) is 0 Å². The van der Waals surface area contributed by atoms with Gasteiger partial charge in [-0.1, -0.05) is 13.8 Å². The zero-order chi connectivity index (χ0) is 14.5. The van der Waals surface area contributed by atoms with Crippen LogP contribution in [0.4, 0.5) is 27.6 Å². The highest BCUT2D eigenvalue weighted by Crippen LogP contribution is 2.37. The van der Waals surface area contributed by atoms with Crippen molar-refractivity contribution in [3.8, 4) is 0 Å². The number of aliphatic hydroxyl groups is 1. The number of β-amino-alcohol motifs (C(OH)–C–C–N with tert-alkyl or cyclic N) is 1. The SMILES string of the molecule is CC(C)C1(O)CN(c2c(F)c(F)c(F)c(F)c2F)C1. The molecule has 106 valence electrons. The van der Waals surface area contributed by atoms with Gasteiger partial charge < -0.3 is 10.0 Å². The Morgan fingerprint density at radius 3 is 1.63 bits per heavy atom. The highest BCUT2D eigenvalue weighted by Gasteiger charge is 2.46. The van der Waals surface area contributed by atoms with Crippen LogP contribution < -0.4 is 4.90 Å². The predicted octanol–water partition coefficient (Wildman–Crippen LogP) is 2.59. The third kappa shape index (κ3) is 1.96. The molecule has 0 saturated carbocycles. The zero-order valence-electron chi connectivity index (χ0n) is 10.3. The van der Waals surface area contributed by atoms with Gasteiger partial charge in [0.05, 0.1) is 0 Å². The second-order valence-corrected chi connectivity index (χ2v) is 5.03. The molecule has 0 aromatic heterocycles. The molecule has 1 aliphatic heterocycles. The predicted molar refractivity (Wildman–Crippen MR) is 58.2 cm³/mol. The lowest BCUT2D eigenvalue weighted by molar-refractivity contribution is -0.0307. The number of nitrogens with zero attached hydrogens (tertiary/aromatic N) is 1. The normalized spacial score (nSPS) is 17.8. The molecule has 7 heteroatoms. The zero-order valence-corrected chi connectivity index (χ0v) is 10.3. The van der Waals surface area contributed by atoms with Crippen LogP contribution in [0.15, 0.2) is 0 Å². The quantitative estimate of drug-likeness (QED) is 0.511. The van der Waals surface area contributed by atoms with E-state index in [1.54, 1.807) is 13.8 Å². The third-order valence-electron chi connectivity index (χ3n) is 3.51. The van der Waals surface area contributed by atoms with Crippen LogP contribution >= 0.6 is 0 Å². The van der Waals surface area contributed by atoms with Gasteiger partial charge in [-0.2, -0.15) is 0 Å². The third-order valence-corrected chi connectivity index (χ3v) is 3.51. The molecule has 1 aromatic carbocycles. The van der Waals surface area contributed by atoms with E-state index < -0.39 is 40.4 Å². The number of hydrogen-bond donors (Lipinski definition) is 1. The molecular weight excluding hydrogens is 269 g/mol. The van der Waals surface area contributed by atoms with Crippen molar-refractivity contribution in [2.75, 3.05) is 18.0 Å². The van der Waals surface area contributed by atoms with E-state index in [2.05, 4.69) is 0 Å². The van der Waals surface area contributed by atoms with Crippen LogP contribution in [0.5, 0.6) is 0 Å². The van der Waals surface area contributed by atoms with Crippen molar-refractivity contribution in [1.29, 1.82) is 0 Å². The van der Waals surface area contributed by atoms with Gasteiger partial charge in [0.15, 0.2) is 23.3 Å². The van der Waals surface area contributed by atoms with Gasteiger partial charge >= 0.3 is 0 Å². The minimum absolute atomic E-state index is 0.178. The van der Waals surface area contributed by atoms with Gasteiger partial charge in [-0.25, -0.2) is 22.0 Å². The summed E-state index contributed by atoms with van der Waals surface area (Å²) in [7, 11) is 0. The molecule has 0 radical (unpaired) electrons. The van der Waals surface area contributed by atoms with Crippen molar-refractivity contribution in [3.05, 3.63) is 29.1 Å². The summed E-state index contributed by atoms with van der Waals surface area (Å²) in [6, 6.07) is 0. The van der Waals surface area contributed by atoms with Crippen molar-refractivity contribution in [2.24, 2.45) is 5.92 Å². The maximum absolute atomic E-state index is 13.5. The number of halogens is 5. The van der Waals surface area contributed by atoms with Crippen LogP contribution in [0.2, 0.25) is 0 Å². The van der Waals surface area contributed by atoms with Gasteiger partial charge in [-0.3, -0.25) is 0 Å². The van der Waals surface area contributed by atoms with Crippen LogP contribution in [0, 0.1) is 35.0 Å². The van der Waals surface area contributed by atoms with Crippen molar-refractivity contribution in [2.45, 2.75) is 19.4 Å². The first-order chi connectivity index (χ1) is 8.69. The standard InChI is InChI=1S/C12H12F5NO/c1-5(2)12(19)3-18(4-12)11-9(16)7(14)6(13)8(15)10(11)17/h5,19H,3-4H2,1-2H3. The summed E-state index contributed by atoms with van der Waals surface area (Å²) in [5.41, 5.74) is -2.16. The molecule has 0 unspecified atom stereocenters. The van der Waals surface area contributed by atoms with E-state index in [0.717, 1.165) is 4.90 Å². The number of hydrogen-bond acceptors (Lipinski definition) is 2. The lowest BCUT2D eigenvalue weighted by atomic mass is 9.82. The summed E-state index contributed by atoms with van der Waals surface area (Å²) in [4.78, 5) is 0.941. The molecule has 1 N–H and O–H groups in total. The fourth-order valence-electron chi connectivity index (χ4n) is 2.01. The molecule has 1 aromatic rings. The average Bonchev–Trinajstić information content (AvgIpc) is 2.31. The molecule has 19 heavy (non-hydrogen) atoms. The monoisotopic (exact) mass is 281 g/mol. The molecule has 2 rings (SSSR count). The van der Waals surface area contributed by atoms with Gasteiger partial charge in [0.2, 0.25) is 5.82 Å². The topological polar surface area (TPSA) is 23.5 Å².